The third-order valence-electron chi connectivity index (χ3n) is 3.15. The number of hydrogen-bond acceptors (Lipinski definition) is 1. The molecule has 1 aliphatic carbocycles. The molecular weight excluding hydrogens is 158 g/mol. The van der Waals surface area contributed by atoms with Crippen LogP contribution in [0.4, 0.5) is 0 Å². The molecule has 0 bridgehead atoms. The van der Waals surface area contributed by atoms with Crippen molar-refractivity contribution in [2.45, 2.75) is 38.5 Å². The Labute approximate surface area is 81.1 Å². The normalized spacial score (nSPS) is 23.1. The van der Waals surface area contributed by atoms with Crippen molar-refractivity contribution in [1.29, 1.82) is 0 Å². The highest BCUT2D eigenvalue weighted by Crippen LogP contribution is 2.27. The summed E-state index contributed by atoms with van der Waals surface area (Å²) in [5, 5.41) is 0. The molecule has 2 aliphatic rings. The molecule has 1 aliphatic heterocycles. The molecule has 0 aromatic rings. The fraction of sp³-hybridized carbons (Fsp3) is 0.667. The Balaban J connectivity index is 1.98. The van der Waals surface area contributed by atoms with Crippen LogP contribution in [-0.2, 0) is 0 Å². The summed E-state index contributed by atoms with van der Waals surface area (Å²) < 4.78 is 0. The van der Waals surface area contributed by atoms with E-state index in [4.69, 9.17) is 0 Å². The van der Waals surface area contributed by atoms with Gasteiger partial charge in [0.1, 0.15) is 0 Å². The molecule has 0 aromatic carbocycles. The molecule has 0 saturated carbocycles. The first-order valence-electron chi connectivity index (χ1n) is 5.51. The van der Waals surface area contributed by atoms with E-state index in [-0.39, 0.29) is 0 Å². The lowest BCUT2D eigenvalue weighted by Gasteiger charge is -2.24. The van der Waals surface area contributed by atoms with Crippen LogP contribution < -0.4 is 0 Å². The highest BCUT2D eigenvalue weighted by Gasteiger charge is 2.16. The second-order valence-electron chi connectivity index (χ2n) is 4.12. The minimum absolute atomic E-state index is 1.23. The Hall–Kier alpha value is -0.720. The van der Waals surface area contributed by atoms with Crippen LogP contribution in [0.2, 0.25) is 0 Å². The first-order valence-corrected chi connectivity index (χ1v) is 5.51. The zero-order valence-electron chi connectivity index (χ0n) is 8.39. The molecule has 0 radical (unpaired) electrons. The highest BCUT2D eigenvalue weighted by molar-refractivity contribution is 5.28. The highest BCUT2D eigenvalue weighted by atomic mass is 15.1. The molecule has 2 rings (SSSR count). The standard InChI is InChI=1S/C12H19N/c1-11(13-9-5-6-10-13)12-7-3-2-4-8-12/h7H,1-6,8-10H2. The van der Waals surface area contributed by atoms with Crippen LogP contribution in [0.1, 0.15) is 38.5 Å². The molecule has 0 amide bonds. The van der Waals surface area contributed by atoms with Gasteiger partial charge in [-0.25, -0.2) is 0 Å². The van der Waals surface area contributed by atoms with Crippen LogP contribution in [-0.4, -0.2) is 18.0 Å². The maximum atomic E-state index is 4.22. The van der Waals surface area contributed by atoms with E-state index in [1.165, 1.54) is 62.9 Å². The molecule has 0 spiro atoms. The maximum Gasteiger partial charge on any atom is 0.0322 e. The van der Waals surface area contributed by atoms with E-state index in [9.17, 15) is 0 Å². The maximum absolute atomic E-state index is 4.22. The third kappa shape index (κ3) is 1.96. The summed E-state index contributed by atoms with van der Waals surface area (Å²) in [4.78, 5) is 2.46. The van der Waals surface area contributed by atoms with Gasteiger partial charge in [0.2, 0.25) is 0 Å². The Morgan fingerprint density at radius 3 is 2.54 bits per heavy atom. The molecule has 1 nitrogen and oxygen atoms in total. The molecule has 13 heavy (non-hydrogen) atoms. The van der Waals surface area contributed by atoms with Gasteiger partial charge in [-0.1, -0.05) is 12.7 Å². The van der Waals surface area contributed by atoms with Gasteiger partial charge in [0, 0.05) is 18.8 Å². The van der Waals surface area contributed by atoms with Gasteiger partial charge in [0.25, 0.3) is 0 Å². The first-order chi connectivity index (χ1) is 6.38. The zero-order valence-corrected chi connectivity index (χ0v) is 8.39. The molecule has 0 aromatic heterocycles. The summed E-state index contributed by atoms with van der Waals surface area (Å²) in [5.74, 6) is 0. The van der Waals surface area contributed by atoms with Crippen LogP contribution in [0.15, 0.2) is 23.9 Å². The van der Waals surface area contributed by atoms with Gasteiger partial charge >= 0.3 is 0 Å². The van der Waals surface area contributed by atoms with Gasteiger partial charge in [0.15, 0.2) is 0 Å². The minimum Gasteiger partial charge on any atom is -0.372 e. The Bertz CT molecular complexity index is 221. The van der Waals surface area contributed by atoms with E-state index in [0.29, 0.717) is 0 Å². The van der Waals surface area contributed by atoms with Crippen molar-refractivity contribution in [3.8, 4) is 0 Å². The predicted octanol–water partition coefficient (Wildman–Crippen LogP) is 3.10. The molecule has 72 valence electrons. The van der Waals surface area contributed by atoms with Crippen molar-refractivity contribution < 1.29 is 0 Å². The van der Waals surface area contributed by atoms with Gasteiger partial charge in [-0.2, -0.15) is 0 Å². The first kappa shape index (κ1) is 8.86. The molecule has 0 unspecified atom stereocenters. The number of allylic oxidation sites excluding steroid dienone is 2. The fourth-order valence-electron chi connectivity index (χ4n) is 2.29. The lowest BCUT2D eigenvalue weighted by molar-refractivity contribution is 0.429. The van der Waals surface area contributed by atoms with Crippen molar-refractivity contribution in [3.05, 3.63) is 23.9 Å². The Morgan fingerprint density at radius 1 is 1.15 bits per heavy atom. The summed E-state index contributed by atoms with van der Waals surface area (Å²) in [6.07, 6.45) is 10.4. The molecule has 0 N–H and O–H groups in total. The Kier molecular flexibility index (Phi) is 2.72. The molecular formula is C12H19N. The van der Waals surface area contributed by atoms with Crippen LogP contribution in [0, 0.1) is 0 Å². The molecule has 0 atom stereocenters. The van der Waals surface area contributed by atoms with E-state index in [0.717, 1.165) is 0 Å². The summed E-state index contributed by atoms with van der Waals surface area (Å²) in [7, 11) is 0. The second kappa shape index (κ2) is 3.99. The number of likely N-dealkylation sites (tertiary alicyclic amines) is 1. The molecule has 1 saturated heterocycles. The smallest absolute Gasteiger partial charge is 0.0322 e. The van der Waals surface area contributed by atoms with E-state index >= 15 is 0 Å². The average molecular weight is 177 g/mol. The van der Waals surface area contributed by atoms with Gasteiger partial charge < -0.3 is 4.90 Å². The Morgan fingerprint density at radius 2 is 1.92 bits per heavy atom. The fourth-order valence-corrected chi connectivity index (χ4v) is 2.29. The quantitative estimate of drug-likeness (QED) is 0.626. The van der Waals surface area contributed by atoms with Gasteiger partial charge in [-0.3, -0.25) is 0 Å². The summed E-state index contributed by atoms with van der Waals surface area (Å²) >= 11 is 0. The summed E-state index contributed by atoms with van der Waals surface area (Å²) in [6, 6.07) is 0. The largest absolute Gasteiger partial charge is 0.372 e. The van der Waals surface area contributed by atoms with E-state index in [1.54, 1.807) is 0 Å². The van der Waals surface area contributed by atoms with Crippen molar-refractivity contribution in [3.63, 3.8) is 0 Å². The van der Waals surface area contributed by atoms with Crippen molar-refractivity contribution >= 4 is 0 Å². The van der Waals surface area contributed by atoms with Crippen LogP contribution >= 0.6 is 0 Å². The topological polar surface area (TPSA) is 3.24 Å². The second-order valence-corrected chi connectivity index (χ2v) is 4.12. The van der Waals surface area contributed by atoms with Gasteiger partial charge in [-0.05, 0) is 44.1 Å². The molecule has 1 heterocycles. The van der Waals surface area contributed by atoms with E-state index < -0.39 is 0 Å². The SMILES string of the molecule is C=C(C1=CCCCC1)N1CCCC1. The van der Waals surface area contributed by atoms with Gasteiger partial charge in [-0.15, -0.1) is 0 Å². The zero-order chi connectivity index (χ0) is 9.10. The van der Waals surface area contributed by atoms with Crippen LogP contribution in [0.5, 0.6) is 0 Å². The number of nitrogens with zero attached hydrogens (tertiary/aromatic N) is 1. The molecule has 1 heteroatoms. The van der Waals surface area contributed by atoms with Crippen molar-refractivity contribution in [2.75, 3.05) is 13.1 Å². The minimum atomic E-state index is 1.23. The van der Waals surface area contributed by atoms with Crippen molar-refractivity contribution in [1.82, 2.24) is 4.90 Å². The lowest BCUT2D eigenvalue weighted by atomic mass is 9.97. The van der Waals surface area contributed by atoms with Crippen LogP contribution in [0.3, 0.4) is 0 Å². The summed E-state index contributed by atoms with van der Waals surface area (Å²) in [5.41, 5.74) is 2.84. The van der Waals surface area contributed by atoms with Crippen molar-refractivity contribution in [2.24, 2.45) is 0 Å². The molecule has 1 fully saturated rings. The van der Waals surface area contributed by atoms with Gasteiger partial charge in [0.05, 0.1) is 0 Å². The lowest BCUT2D eigenvalue weighted by Crippen LogP contribution is -2.19. The van der Waals surface area contributed by atoms with E-state index in [1.807, 2.05) is 0 Å². The van der Waals surface area contributed by atoms with Crippen LogP contribution in [0.25, 0.3) is 0 Å². The van der Waals surface area contributed by atoms with E-state index in [2.05, 4.69) is 17.6 Å². The third-order valence-corrected chi connectivity index (χ3v) is 3.15. The monoisotopic (exact) mass is 177 g/mol. The predicted molar refractivity (Wildman–Crippen MR) is 56.5 cm³/mol. The number of rotatable bonds is 2. The average Bonchev–Trinajstić information content (AvgIpc) is 2.71. The summed E-state index contributed by atoms with van der Waals surface area (Å²) in [6.45, 7) is 6.68. The number of hydrogen-bond donors (Lipinski definition) is 0.